The molecular weight excluding hydrogens is 617 g/mol. The van der Waals surface area contributed by atoms with Gasteiger partial charge in [-0.2, -0.15) is 10.5 Å². The lowest BCUT2D eigenvalue weighted by Crippen LogP contribution is -1.93. The zero-order valence-corrected chi connectivity index (χ0v) is 27.6. The van der Waals surface area contributed by atoms with Gasteiger partial charge < -0.3 is 15.9 Å². The fourth-order valence-corrected chi connectivity index (χ4v) is 6.25. The van der Waals surface area contributed by atoms with Crippen LogP contribution in [0.15, 0.2) is 132 Å². The van der Waals surface area contributed by atoms with Crippen molar-refractivity contribution in [2.45, 2.75) is 19.8 Å². The molecular formula is C43H34N6O. The molecule has 0 spiro atoms. The van der Waals surface area contributed by atoms with Crippen molar-refractivity contribution in [3.8, 4) is 34.7 Å². The third-order valence-corrected chi connectivity index (χ3v) is 8.50. The van der Waals surface area contributed by atoms with Gasteiger partial charge >= 0.3 is 0 Å². The lowest BCUT2D eigenvalue weighted by atomic mass is 9.89. The highest BCUT2D eigenvalue weighted by atomic mass is 16.3. The largest absolute Gasteiger partial charge is 0.456 e. The Bertz CT molecular complexity index is 2500. The number of fused-ring (bicyclic) bond motifs is 5. The molecule has 0 aliphatic heterocycles. The number of hydrogen-bond donors (Lipinski definition) is 2. The van der Waals surface area contributed by atoms with Crippen molar-refractivity contribution in [1.82, 2.24) is 9.97 Å². The summed E-state index contributed by atoms with van der Waals surface area (Å²) in [6, 6.07) is 24.0. The molecule has 0 radical (unpaired) electrons. The SMILES string of the molecule is C=Cc1c(/C=C\C)c(-c2ccc(-c3cc(C#N)ccn3)nc2)cc2oc3cc(C(/C=C\CC/C=C(C#N)\C=C/N)=C/N)c4ccccc4c3c12. The monoisotopic (exact) mass is 650 g/mol. The second-order valence-electron chi connectivity index (χ2n) is 11.5. The maximum absolute atomic E-state index is 9.33. The number of rotatable bonds is 10. The minimum Gasteiger partial charge on any atom is -0.456 e. The molecule has 242 valence electrons. The minimum atomic E-state index is 0.530. The van der Waals surface area contributed by atoms with Crippen LogP contribution in [0.2, 0.25) is 0 Å². The summed E-state index contributed by atoms with van der Waals surface area (Å²) in [5.74, 6) is 0. The molecule has 3 heterocycles. The van der Waals surface area contributed by atoms with Crippen LogP contribution in [0.1, 0.15) is 42.0 Å². The van der Waals surface area contributed by atoms with E-state index in [1.165, 1.54) is 6.20 Å². The number of pyridine rings is 2. The lowest BCUT2D eigenvalue weighted by molar-refractivity contribution is 0.669. The topological polar surface area (TPSA) is 139 Å². The van der Waals surface area contributed by atoms with Gasteiger partial charge in [-0.15, -0.1) is 0 Å². The molecule has 0 saturated carbocycles. The van der Waals surface area contributed by atoms with E-state index in [0.717, 1.165) is 72.5 Å². The van der Waals surface area contributed by atoms with E-state index in [9.17, 15) is 10.5 Å². The van der Waals surface area contributed by atoms with Gasteiger partial charge in [0.1, 0.15) is 11.2 Å². The van der Waals surface area contributed by atoms with Gasteiger partial charge in [-0.1, -0.05) is 73.4 Å². The molecule has 6 aromatic rings. The van der Waals surface area contributed by atoms with Crippen LogP contribution in [0.25, 0.3) is 73.0 Å². The zero-order chi connectivity index (χ0) is 35.0. The second kappa shape index (κ2) is 14.9. The van der Waals surface area contributed by atoms with E-state index in [-0.39, 0.29) is 0 Å². The summed E-state index contributed by atoms with van der Waals surface area (Å²) in [4.78, 5) is 9.12. The number of aromatic nitrogens is 2. The van der Waals surface area contributed by atoms with Crippen molar-refractivity contribution in [2.24, 2.45) is 11.5 Å². The molecule has 4 N–H and O–H groups in total. The Morgan fingerprint density at radius 1 is 0.900 bits per heavy atom. The molecule has 7 nitrogen and oxygen atoms in total. The Kier molecular flexibility index (Phi) is 9.79. The first-order chi connectivity index (χ1) is 24.5. The van der Waals surface area contributed by atoms with Crippen molar-refractivity contribution in [3.63, 3.8) is 0 Å². The van der Waals surface area contributed by atoms with Gasteiger partial charge in [0.2, 0.25) is 0 Å². The number of nitrogens with zero attached hydrogens (tertiary/aromatic N) is 4. The normalized spacial score (nSPS) is 12.5. The molecule has 0 fully saturated rings. The summed E-state index contributed by atoms with van der Waals surface area (Å²) in [7, 11) is 0. The zero-order valence-electron chi connectivity index (χ0n) is 27.6. The van der Waals surface area contributed by atoms with Crippen molar-refractivity contribution >= 4 is 50.4 Å². The Morgan fingerprint density at radius 2 is 1.72 bits per heavy atom. The van der Waals surface area contributed by atoms with Gasteiger partial charge in [-0.25, -0.2) is 0 Å². The molecule has 0 atom stereocenters. The molecule has 0 unspecified atom stereocenters. The van der Waals surface area contributed by atoms with Crippen LogP contribution in [-0.2, 0) is 0 Å². The minimum absolute atomic E-state index is 0.530. The molecule has 0 aliphatic rings. The Balaban J connectivity index is 1.48. The molecule has 0 aliphatic carbocycles. The van der Waals surface area contributed by atoms with Gasteiger partial charge in [0, 0.05) is 40.5 Å². The third kappa shape index (κ3) is 6.32. The average molecular weight is 651 g/mol. The molecule has 3 aromatic carbocycles. The van der Waals surface area contributed by atoms with E-state index in [4.69, 9.17) is 20.9 Å². The van der Waals surface area contributed by atoms with E-state index in [0.29, 0.717) is 28.9 Å². The quantitative estimate of drug-likeness (QED) is 0.0854. The highest BCUT2D eigenvalue weighted by Crippen LogP contribution is 2.44. The standard InChI is InChI=1S/C43H34N6O/c1-3-10-33-32(4-2)42-40(23-37(33)31-15-16-38(49-27-31)39-21-29(25-46)18-20-48-39)50-41-22-36(34-13-8-9-14-35(34)43(41)42)30(26-47)12-7-5-6-11-28(24-45)17-19-44/h3-4,7-23,26-27H,2,5-6,44,47H2,1H3/b10-3-,12-7-,19-17-,28-11+,30-26+. The third-order valence-electron chi connectivity index (χ3n) is 8.50. The Labute approximate surface area is 290 Å². The number of nitriles is 2. The van der Waals surface area contributed by atoms with Gasteiger partial charge in [0.05, 0.1) is 29.1 Å². The second-order valence-corrected chi connectivity index (χ2v) is 11.5. The Hall–Kier alpha value is -6.96. The van der Waals surface area contributed by atoms with Gasteiger partial charge in [0.25, 0.3) is 0 Å². The number of benzene rings is 3. The molecule has 0 saturated heterocycles. The first-order valence-corrected chi connectivity index (χ1v) is 16.2. The summed E-state index contributed by atoms with van der Waals surface area (Å²) in [5.41, 5.74) is 21.1. The van der Waals surface area contributed by atoms with E-state index in [2.05, 4.69) is 60.1 Å². The van der Waals surface area contributed by atoms with E-state index in [1.807, 2.05) is 61.7 Å². The molecule has 3 aromatic heterocycles. The number of allylic oxidation sites excluding steroid dienone is 7. The first kappa shape index (κ1) is 33.0. The fourth-order valence-electron chi connectivity index (χ4n) is 6.25. The summed E-state index contributed by atoms with van der Waals surface area (Å²) in [6.07, 6.45) is 21.3. The van der Waals surface area contributed by atoms with Gasteiger partial charge in [0.15, 0.2) is 0 Å². The number of furan rings is 1. The smallest absolute Gasteiger partial charge is 0.136 e. The molecule has 0 bridgehead atoms. The average Bonchev–Trinajstić information content (AvgIpc) is 3.54. The molecule has 6 rings (SSSR count). The van der Waals surface area contributed by atoms with Crippen LogP contribution < -0.4 is 11.5 Å². The maximum Gasteiger partial charge on any atom is 0.136 e. The van der Waals surface area contributed by atoms with Gasteiger partial charge in [-0.05, 0) is 101 Å². The van der Waals surface area contributed by atoms with Crippen LogP contribution in [0.4, 0.5) is 0 Å². The summed E-state index contributed by atoms with van der Waals surface area (Å²) >= 11 is 0. The number of unbranched alkanes of at least 4 members (excludes halogenated alkanes) is 1. The maximum atomic E-state index is 9.33. The van der Waals surface area contributed by atoms with Gasteiger partial charge in [-0.3, -0.25) is 9.97 Å². The summed E-state index contributed by atoms with van der Waals surface area (Å²) in [5, 5.41) is 22.6. The predicted octanol–water partition coefficient (Wildman–Crippen LogP) is 9.97. The van der Waals surface area contributed by atoms with Crippen LogP contribution in [-0.4, -0.2) is 9.97 Å². The first-order valence-electron chi connectivity index (χ1n) is 16.2. The van der Waals surface area contributed by atoms with Crippen LogP contribution >= 0.6 is 0 Å². The van der Waals surface area contributed by atoms with Crippen molar-refractivity contribution in [2.75, 3.05) is 0 Å². The molecule has 50 heavy (non-hydrogen) atoms. The highest BCUT2D eigenvalue weighted by Gasteiger charge is 2.21. The number of hydrogen-bond acceptors (Lipinski definition) is 7. The van der Waals surface area contributed by atoms with E-state index < -0.39 is 0 Å². The lowest BCUT2D eigenvalue weighted by Gasteiger charge is -2.13. The number of nitrogens with two attached hydrogens (primary N) is 2. The fraction of sp³-hybridized carbons (Fsp3) is 0.0698. The Morgan fingerprint density at radius 3 is 2.42 bits per heavy atom. The van der Waals surface area contributed by atoms with E-state index in [1.54, 1.807) is 30.6 Å². The van der Waals surface area contributed by atoms with Crippen LogP contribution in [0.3, 0.4) is 0 Å². The molecule has 0 amide bonds. The summed E-state index contributed by atoms with van der Waals surface area (Å²) in [6.45, 7) is 6.23. The van der Waals surface area contributed by atoms with E-state index >= 15 is 0 Å². The van der Waals surface area contributed by atoms with Crippen molar-refractivity contribution < 1.29 is 4.42 Å². The highest BCUT2D eigenvalue weighted by molar-refractivity contribution is 6.24. The van der Waals surface area contributed by atoms with Crippen molar-refractivity contribution in [1.29, 1.82) is 10.5 Å². The van der Waals surface area contributed by atoms with Crippen molar-refractivity contribution in [3.05, 3.63) is 150 Å². The summed E-state index contributed by atoms with van der Waals surface area (Å²) < 4.78 is 6.68. The van der Waals surface area contributed by atoms with Crippen LogP contribution in [0, 0.1) is 22.7 Å². The molecule has 7 heteroatoms. The van der Waals surface area contributed by atoms with Crippen LogP contribution in [0.5, 0.6) is 0 Å². The predicted molar refractivity (Wildman–Crippen MR) is 205 cm³/mol.